The molecule has 0 spiro atoms. The second kappa shape index (κ2) is 6.98. The van der Waals surface area contributed by atoms with Gasteiger partial charge in [-0.2, -0.15) is 0 Å². The number of nitrogens with zero attached hydrogens (tertiary/aromatic N) is 1. The summed E-state index contributed by atoms with van der Waals surface area (Å²) >= 11 is 1.65. The molecular formula is C21H16N2O2S. The minimum atomic E-state index is -0.203. The summed E-state index contributed by atoms with van der Waals surface area (Å²) in [5.41, 5.74) is 3.78. The predicted molar refractivity (Wildman–Crippen MR) is 106 cm³/mol. The average Bonchev–Trinajstić information content (AvgIpc) is 3.31. The molecule has 2 aromatic heterocycles. The smallest absolute Gasteiger partial charge is 0.248 e. The molecule has 0 saturated carbocycles. The van der Waals surface area contributed by atoms with Crippen molar-refractivity contribution in [2.45, 2.75) is 6.92 Å². The number of anilines is 1. The van der Waals surface area contributed by atoms with Crippen molar-refractivity contribution < 1.29 is 9.21 Å². The number of para-hydroxylation sites is 1. The van der Waals surface area contributed by atoms with Crippen molar-refractivity contribution in [1.29, 1.82) is 0 Å². The number of benzene rings is 2. The van der Waals surface area contributed by atoms with Crippen molar-refractivity contribution in [3.05, 3.63) is 78.3 Å². The van der Waals surface area contributed by atoms with E-state index in [1.54, 1.807) is 35.8 Å². The molecule has 1 amide bonds. The normalized spacial score (nSPS) is 11.3. The number of thiazole rings is 1. The maximum absolute atomic E-state index is 12.2. The summed E-state index contributed by atoms with van der Waals surface area (Å²) < 4.78 is 6.34. The predicted octanol–water partition coefficient (Wildman–Crippen LogP) is 5.52. The number of amides is 1. The van der Waals surface area contributed by atoms with E-state index in [0.29, 0.717) is 5.76 Å². The largest absolute Gasteiger partial charge is 0.465 e. The number of nitrogens with one attached hydrogen (secondary N) is 1. The van der Waals surface area contributed by atoms with Crippen LogP contribution in [0.1, 0.15) is 11.3 Å². The van der Waals surface area contributed by atoms with Gasteiger partial charge in [0.2, 0.25) is 5.91 Å². The minimum absolute atomic E-state index is 0.203. The Kier molecular flexibility index (Phi) is 4.37. The fraction of sp³-hybridized carbons (Fsp3) is 0.0476. The summed E-state index contributed by atoms with van der Waals surface area (Å²) in [6.07, 6.45) is 4.67. The van der Waals surface area contributed by atoms with Gasteiger partial charge in [0, 0.05) is 17.3 Å². The maximum Gasteiger partial charge on any atom is 0.248 e. The first-order chi connectivity index (χ1) is 12.7. The summed E-state index contributed by atoms with van der Waals surface area (Å²) in [5, 5.41) is 3.88. The summed E-state index contributed by atoms with van der Waals surface area (Å²) in [4.78, 5) is 16.9. The number of hydrogen-bond donors (Lipinski definition) is 1. The topological polar surface area (TPSA) is 55.1 Å². The van der Waals surface area contributed by atoms with Gasteiger partial charge >= 0.3 is 0 Å². The Labute approximate surface area is 154 Å². The van der Waals surface area contributed by atoms with Crippen LogP contribution in [0.3, 0.4) is 0 Å². The van der Waals surface area contributed by atoms with Crippen LogP contribution in [0.25, 0.3) is 26.9 Å². The number of fused-ring (bicyclic) bond motifs is 1. The van der Waals surface area contributed by atoms with Gasteiger partial charge in [-0.1, -0.05) is 24.3 Å². The highest BCUT2D eigenvalue weighted by atomic mass is 32.1. The van der Waals surface area contributed by atoms with Crippen LogP contribution < -0.4 is 5.32 Å². The molecule has 0 bridgehead atoms. The quantitative estimate of drug-likeness (QED) is 0.488. The highest BCUT2D eigenvalue weighted by Gasteiger charge is 2.12. The molecular weight excluding hydrogens is 344 g/mol. The van der Waals surface area contributed by atoms with Crippen LogP contribution in [0.2, 0.25) is 0 Å². The van der Waals surface area contributed by atoms with Crippen molar-refractivity contribution in [2.75, 3.05) is 5.32 Å². The van der Waals surface area contributed by atoms with Gasteiger partial charge in [-0.05, 0) is 48.9 Å². The molecule has 4 rings (SSSR count). The van der Waals surface area contributed by atoms with Gasteiger partial charge in [-0.15, -0.1) is 11.3 Å². The monoisotopic (exact) mass is 360 g/mol. The molecule has 5 heteroatoms. The van der Waals surface area contributed by atoms with Gasteiger partial charge in [0.05, 0.1) is 16.5 Å². The maximum atomic E-state index is 12.2. The van der Waals surface area contributed by atoms with Crippen LogP contribution in [-0.2, 0) is 4.79 Å². The fourth-order valence-corrected chi connectivity index (χ4v) is 3.76. The van der Waals surface area contributed by atoms with Crippen molar-refractivity contribution in [3.63, 3.8) is 0 Å². The third-order valence-electron chi connectivity index (χ3n) is 4.06. The molecule has 2 aromatic carbocycles. The third kappa shape index (κ3) is 3.30. The van der Waals surface area contributed by atoms with Crippen LogP contribution in [0.4, 0.5) is 5.69 Å². The van der Waals surface area contributed by atoms with E-state index in [2.05, 4.69) is 11.4 Å². The molecule has 4 nitrogen and oxygen atoms in total. The first kappa shape index (κ1) is 16.3. The summed E-state index contributed by atoms with van der Waals surface area (Å²) in [6.45, 7) is 1.99. The van der Waals surface area contributed by atoms with Crippen molar-refractivity contribution in [3.8, 4) is 10.6 Å². The first-order valence-corrected chi connectivity index (χ1v) is 9.00. The van der Waals surface area contributed by atoms with Crippen LogP contribution in [0.5, 0.6) is 0 Å². The van der Waals surface area contributed by atoms with E-state index in [-0.39, 0.29) is 5.91 Å². The van der Waals surface area contributed by atoms with E-state index in [1.807, 2.05) is 43.3 Å². The Bertz CT molecular complexity index is 1060. The van der Waals surface area contributed by atoms with Gasteiger partial charge in [-0.25, -0.2) is 4.98 Å². The molecule has 0 atom stereocenters. The molecule has 0 unspecified atom stereocenters. The second-order valence-electron chi connectivity index (χ2n) is 5.80. The zero-order valence-electron chi connectivity index (χ0n) is 14.1. The van der Waals surface area contributed by atoms with Crippen LogP contribution >= 0.6 is 11.3 Å². The Hall–Kier alpha value is -3.18. The van der Waals surface area contributed by atoms with Gasteiger partial charge in [0.15, 0.2) is 0 Å². The van der Waals surface area contributed by atoms with Crippen LogP contribution in [-0.4, -0.2) is 10.9 Å². The number of carbonyl (C=O) groups excluding carboxylic acids is 1. The Morgan fingerprint density at radius 3 is 2.81 bits per heavy atom. The lowest BCUT2D eigenvalue weighted by Crippen LogP contribution is -2.09. The number of furan rings is 1. The second-order valence-corrected chi connectivity index (χ2v) is 6.83. The van der Waals surface area contributed by atoms with Crippen LogP contribution in [0, 0.1) is 6.92 Å². The van der Waals surface area contributed by atoms with E-state index in [1.165, 1.54) is 6.08 Å². The Balaban J connectivity index is 1.60. The molecule has 0 saturated heterocycles. The summed E-state index contributed by atoms with van der Waals surface area (Å²) in [6, 6.07) is 17.5. The van der Waals surface area contributed by atoms with E-state index in [0.717, 1.165) is 32.0 Å². The first-order valence-electron chi connectivity index (χ1n) is 8.19. The standard InChI is InChI=1S/C21H16N2O2S/c1-14-16(21-23-18-8-2-3-10-19(18)26-21)7-4-9-17(14)22-20(24)12-11-15-6-5-13-25-15/h2-13H,1H3,(H,22,24). The SMILES string of the molecule is Cc1c(NC(=O)C=Cc2ccco2)cccc1-c1nc2ccccc2s1. The fourth-order valence-electron chi connectivity index (χ4n) is 2.71. The minimum Gasteiger partial charge on any atom is -0.465 e. The molecule has 0 fully saturated rings. The van der Waals surface area contributed by atoms with E-state index >= 15 is 0 Å². The zero-order chi connectivity index (χ0) is 17.9. The molecule has 0 aliphatic heterocycles. The molecule has 128 valence electrons. The molecule has 0 aliphatic carbocycles. The molecule has 0 aliphatic rings. The number of rotatable bonds is 4. The van der Waals surface area contributed by atoms with E-state index < -0.39 is 0 Å². The Morgan fingerprint density at radius 2 is 2.00 bits per heavy atom. The number of carbonyl (C=O) groups is 1. The summed E-state index contributed by atoms with van der Waals surface area (Å²) in [5.74, 6) is 0.436. The molecule has 4 aromatic rings. The molecule has 26 heavy (non-hydrogen) atoms. The number of hydrogen-bond acceptors (Lipinski definition) is 4. The molecule has 2 heterocycles. The van der Waals surface area contributed by atoms with Gasteiger partial charge in [-0.3, -0.25) is 4.79 Å². The van der Waals surface area contributed by atoms with Crippen LogP contribution in [0.15, 0.2) is 71.4 Å². The highest BCUT2D eigenvalue weighted by Crippen LogP contribution is 2.34. The lowest BCUT2D eigenvalue weighted by Gasteiger charge is -2.09. The van der Waals surface area contributed by atoms with Gasteiger partial charge < -0.3 is 9.73 Å². The molecule has 0 radical (unpaired) electrons. The van der Waals surface area contributed by atoms with Gasteiger partial charge in [0.1, 0.15) is 10.8 Å². The zero-order valence-corrected chi connectivity index (χ0v) is 14.9. The lowest BCUT2D eigenvalue weighted by molar-refractivity contribution is -0.111. The summed E-state index contributed by atoms with van der Waals surface area (Å²) in [7, 11) is 0. The lowest BCUT2D eigenvalue weighted by atomic mass is 10.1. The van der Waals surface area contributed by atoms with Crippen molar-refractivity contribution in [2.24, 2.45) is 0 Å². The average molecular weight is 360 g/mol. The highest BCUT2D eigenvalue weighted by molar-refractivity contribution is 7.21. The van der Waals surface area contributed by atoms with Crippen molar-refractivity contribution in [1.82, 2.24) is 4.98 Å². The van der Waals surface area contributed by atoms with E-state index in [9.17, 15) is 4.79 Å². The Morgan fingerprint density at radius 1 is 1.12 bits per heavy atom. The number of aromatic nitrogens is 1. The molecule has 1 N–H and O–H groups in total. The third-order valence-corrected chi connectivity index (χ3v) is 5.13. The van der Waals surface area contributed by atoms with Gasteiger partial charge in [0.25, 0.3) is 0 Å². The van der Waals surface area contributed by atoms with Crippen molar-refractivity contribution >= 4 is 39.2 Å². The van der Waals surface area contributed by atoms with E-state index in [4.69, 9.17) is 9.40 Å².